The Morgan fingerprint density at radius 1 is 1.30 bits per heavy atom. The van der Waals surface area contributed by atoms with Crippen LogP contribution in [0.15, 0.2) is 54.2 Å². The van der Waals surface area contributed by atoms with Gasteiger partial charge in [0.25, 0.3) is 5.91 Å². The molecular formula is C20H19N5OS. The molecule has 1 atom stereocenters. The summed E-state index contributed by atoms with van der Waals surface area (Å²) in [5.41, 5.74) is 2.90. The molecule has 0 aliphatic heterocycles. The number of hydrogen-bond acceptors (Lipinski definition) is 5. The number of aromatic nitrogens is 4. The molecule has 0 saturated carbocycles. The van der Waals surface area contributed by atoms with Gasteiger partial charge in [0.05, 0.1) is 39.5 Å². The van der Waals surface area contributed by atoms with Crippen molar-refractivity contribution in [2.24, 2.45) is 0 Å². The van der Waals surface area contributed by atoms with Crippen LogP contribution in [-0.4, -0.2) is 25.7 Å². The Labute approximate surface area is 160 Å². The van der Waals surface area contributed by atoms with Crippen LogP contribution in [0.3, 0.4) is 0 Å². The van der Waals surface area contributed by atoms with Gasteiger partial charge in [-0.25, -0.2) is 9.67 Å². The summed E-state index contributed by atoms with van der Waals surface area (Å²) in [7, 11) is 0. The van der Waals surface area contributed by atoms with Gasteiger partial charge >= 0.3 is 0 Å². The highest BCUT2D eigenvalue weighted by molar-refractivity contribution is 7.13. The molecule has 136 valence electrons. The Hall–Kier alpha value is -3.06. The number of aryl methyl sites for hydroxylation is 1. The summed E-state index contributed by atoms with van der Waals surface area (Å²) in [6.45, 7) is 4.62. The van der Waals surface area contributed by atoms with Crippen LogP contribution in [-0.2, 0) is 6.54 Å². The number of carbonyl (C=O) groups excluding carboxylic acids is 1. The summed E-state index contributed by atoms with van der Waals surface area (Å²) < 4.78 is 1.81. The summed E-state index contributed by atoms with van der Waals surface area (Å²) >= 11 is 1.60. The highest BCUT2D eigenvalue weighted by Crippen LogP contribution is 2.28. The fraction of sp³-hybridized carbons (Fsp3) is 0.200. The van der Waals surface area contributed by atoms with E-state index in [-0.39, 0.29) is 11.9 Å². The molecule has 0 aliphatic carbocycles. The zero-order valence-electron chi connectivity index (χ0n) is 15.1. The number of nitrogens with one attached hydrogen (secondary N) is 1. The van der Waals surface area contributed by atoms with Crippen molar-refractivity contribution in [2.75, 3.05) is 0 Å². The minimum absolute atomic E-state index is 0.158. The number of carbonyl (C=O) groups is 1. The maximum Gasteiger partial charge on any atom is 0.252 e. The minimum Gasteiger partial charge on any atom is -0.344 e. The summed E-state index contributed by atoms with van der Waals surface area (Å²) in [6.07, 6.45) is 3.44. The molecule has 4 aromatic rings. The number of nitrogens with zero attached hydrogens (tertiary/aromatic N) is 4. The fourth-order valence-corrected chi connectivity index (χ4v) is 3.68. The van der Waals surface area contributed by atoms with Gasteiger partial charge in [0.15, 0.2) is 5.65 Å². The standard InChI is InChI=1S/C20H19N5OS/c1-3-25-19-15(12-22-25)14(11-17(24-19)18-8-6-10-27-18)20(26)23-13(2)16-7-4-5-9-21-16/h4-13H,3H2,1-2H3,(H,23,26). The van der Waals surface area contributed by atoms with E-state index in [0.717, 1.165) is 27.3 Å². The van der Waals surface area contributed by atoms with Crippen molar-refractivity contribution in [2.45, 2.75) is 26.4 Å². The first-order valence-electron chi connectivity index (χ1n) is 8.79. The summed E-state index contributed by atoms with van der Waals surface area (Å²) in [5.74, 6) is -0.158. The van der Waals surface area contributed by atoms with Crippen molar-refractivity contribution < 1.29 is 4.79 Å². The van der Waals surface area contributed by atoms with E-state index >= 15 is 0 Å². The van der Waals surface area contributed by atoms with E-state index in [2.05, 4.69) is 15.4 Å². The van der Waals surface area contributed by atoms with E-state index in [4.69, 9.17) is 4.98 Å². The molecular weight excluding hydrogens is 358 g/mol. The van der Waals surface area contributed by atoms with Crippen molar-refractivity contribution in [3.63, 3.8) is 0 Å². The van der Waals surface area contributed by atoms with Gasteiger partial charge in [-0.1, -0.05) is 12.1 Å². The lowest BCUT2D eigenvalue weighted by atomic mass is 10.1. The maximum absolute atomic E-state index is 13.1. The Morgan fingerprint density at radius 3 is 2.89 bits per heavy atom. The number of thiophene rings is 1. The molecule has 4 aromatic heterocycles. The lowest BCUT2D eigenvalue weighted by Gasteiger charge is -2.14. The van der Waals surface area contributed by atoms with Crippen LogP contribution in [0.1, 0.15) is 35.9 Å². The predicted octanol–water partition coefficient (Wildman–Crippen LogP) is 4.07. The molecule has 1 amide bonds. The first-order valence-corrected chi connectivity index (χ1v) is 9.67. The number of pyridine rings is 2. The van der Waals surface area contributed by atoms with Crippen LogP contribution < -0.4 is 5.32 Å². The molecule has 7 heteroatoms. The Kier molecular flexibility index (Phi) is 4.68. The molecule has 0 spiro atoms. The average Bonchev–Trinajstić information content (AvgIpc) is 3.37. The van der Waals surface area contributed by atoms with Gasteiger partial charge in [0.1, 0.15) is 0 Å². The van der Waals surface area contributed by atoms with Crippen molar-refractivity contribution in [3.8, 4) is 10.6 Å². The third kappa shape index (κ3) is 3.33. The first kappa shape index (κ1) is 17.4. The van der Waals surface area contributed by atoms with Crippen LogP contribution in [0.4, 0.5) is 0 Å². The molecule has 0 aromatic carbocycles. The van der Waals surface area contributed by atoms with E-state index < -0.39 is 0 Å². The number of fused-ring (bicyclic) bond motifs is 1. The third-order valence-electron chi connectivity index (χ3n) is 4.41. The zero-order chi connectivity index (χ0) is 18.8. The smallest absolute Gasteiger partial charge is 0.252 e. The van der Waals surface area contributed by atoms with Crippen molar-refractivity contribution in [1.29, 1.82) is 0 Å². The molecule has 6 nitrogen and oxygen atoms in total. The van der Waals surface area contributed by atoms with Gasteiger partial charge < -0.3 is 5.32 Å². The van der Waals surface area contributed by atoms with Crippen LogP contribution >= 0.6 is 11.3 Å². The van der Waals surface area contributed by atoms with Gasteiger partial charge in [-0.05, 0) is 43.5 Å². The van der Waals surface area contributed by atoms with Crippen LogP contribution in [0.2, 0.25) is 0 Å². The SMILES string of the molecule is CCn1ncc2c(C(=O)NC(C)c3ccccn3)cc(-c3cccs3)nc21. The minimum atomic E-state index is -0.201. The lowest BCUT2D eigenvalue weighted by Crippen LogP contribution is -2.27. The molecule has 0 bridgehead atoms. The van der Waals surface area contributed by atoms with Crippen LogP contribution in [0, 0.1) is 0 Å². The molecule has 4 rings (SSSR count). The Morgan fingerprint density at radius 2 is 2.19 bits per heavy atom. The second-order valence-corrected chi connectivity index (χ2v) is 7.13. The van der Waals surface area contributed by atoms with Gasteiger partial charge in [-0.15, -0.1) is 11.3 Å². The van der Waals surface area contributed by atoms with Gasteiger partial charge in [0, 0.05) is 12.7 Å². The molecule has 27 heavy (non-hydrogen) atoms. The molecule has 0 fully saturated rings. The highest BCUT2D eigenvalue weighted by Gasteiger charge is 2.19. The molecule has 1 N–H and O–H groups in total. The van der Waals surface area contributed by atoms with Gasteiger partial charge in [-0.2, -0.15) is 5.10 Å². The van der Waals surface area contributed by atoms with Gasteiger partial charge in [0.2, 0.25) is 0 Å². The van der Waals surface area contributed by atoms with Crippen LogP contribution in [0.5, 0.6) is 0 Å². The van der Waals surface area contributed by atoms with E-state index in [1.54, 1.807) is 23.7 Å². The second-order valence-electron chi connectivity index (χ2n) is 6.18. The summed E-state index contributed by atoms with van der Waals surface area (Å²) in [5, 5.41) is 10.2. The Bertz CT molecular complexity index is 1070. The zero-order valence-corrected chi connectivity index (χ0v) is 15.9. The van der Waals surface area contributed by atoms with E-state index in [1.807, 2.05) is 60.3 Å². The predicted molar refractivity (Wildman–Crippen MR) is 107 cm³/mol. The summed E-state index contributed by atoms with van der Waals surface area (Å²) in [4.78, 5) is 23.2. The second kappa shape index (κ2) is 7.28. The van der Waals surface area contributed by atoms with Crippen molar-refractivity contribution >= 4 is 28.3 Å². The third-order valence-corrected chi connectivity index (χ3v) is 5.30. The largest absolute Gasteiger partial charge is 0.344 e. The molecule has 0 saturated heterocycles. The number of amides is 1. The molecule has 4 heterocycles. The topological polar surface area (TPSA) is 72.7 Å². The first-order chi connectivity index (χ1) is 13.2. The van der Waals surface area contributed by atoms with E-state index in [1.165, 1.54) is 0 Å². The number of hydrogen-bond donors (Lipinski definition) is 1. The van der Waals surface area contributed by atoms with Crippen LogP contribution in [0.25, 0.3) is 21.6 Å². The van der Waals surface area contributed by atoms with E-state index in [0.29, 0.717) is 12.1 Å². The van der Waals surface area contributed by atoms with Gasteiger partial charge in [-0.3, -0.25) is 9.78 Å². The molecule has 0 aliphatic rings. The fourth-order valence-electron chi connectivity index (χ4n) is 3.00. The molecule has 0 radical (unpaired) electrons. The quantitative estimate of drug-likeness (QED) is 0.569. The van der Waals surface area contributed by atoms with Crippen molar-refractivity contribution in [3.05, 3.63) is 65.4 Å². The highest BCUT2D eigenvalue weighted by atomic mass is 32.1. The van der Waals surface area contributed by atoms with E-state index in [9.17, 15) is 4.79 Å². The number of rotatable bonds is 5. The lowest BCUT2D eigenvalue weighted by molar-refractivity contribution is 0.0940. The normalized spacial score (nSPS) is 12.2. The monoisotopic (exact) mass is 377 g/mol. The maximum atomic E-state index is 13.1. The van der Waals surface area contributed by atoms with Crippen molar-refractivity contribution in [1.82, 2.24) is 25.1 Å². The summed E-state index contributed by atoms with van der Waals surface area (Å²) in [6, 6.07) is 11.3. The Balaban J connectivity index is 1.75. The average molecular weight is 377 g/mol. The molecule has 1 unspecified atom stereocenters.